The summed E-state index contributed by atoms with van der Waals surface area (Å²) in [6.07, 6.45) is 7.17. The summed E-state index contributed by atoms with van der Waals surface area (Å²) in [6, 6.07) is 4.48. The van der Waals surface area contributed by atoms with Gasteiger partial charge in [-0.3, -0.25) is 29.4 Å². The average molecular weight is 535 g/mol. The van der Waals surface area contributed by atoms with Crippen LogP contribution in [0.5, 0.6) is 5.75 Å². The molecule has 0 radical (unpaired) electrons. The summed E-state index contributed by atoms with van der Waals surface area (Å²) in [5, 5.41) is 8.88. The molecule has 4 aliphatic carbocycles. The Morgan fingerprint density at radius 2 is 1.79 bits per heavy atom. The molecule has 2 aliphatic heterocycles. The minimum Gasteiger partial charge on any atom is -0.486 e. The number of carbonyl (C=O) groups is 4. The van der Waals surface area contributed by atoms with E-state index in [0.717, 1.165) is 45.8 Å². The van der Waals surface area contributed by atoms with E-state index in [1.54, 1.807) is 18.2 Å². The van der Waals surface area contributed by atoms with Crippen LogP contribution in [0.4, 0.5) is 0 Å². The van der Waals surface area contributed by atoms with Crippen LogP contribution in [-0.2, 0) is 22.7 Å². The van der Waals surface area contributed by atoms with E-state index in [0.29, 0.717) is 11.8 Å². The lowest BCUT2D eigenvalue weighted by Gasteiger charge is -2.54. The molecule has 1 atom stereocenters. The summed E-state index contributed by atoms with van der Waals surface area (Å²) >= 11 is 1.52. The van der Waals surface area contributed by atoms with Crippen molar-refractivity contribution in [3.63, 3.8) is 0 Å². The average Bonchev–Trinajstić information content (AvgIpc) is 3.45. The second kappa shape index (κ2) is 9.27. The van der Waals surface area contributed by atoms with Gasteiger partial charge in [0.25, 0.3) is 11.8 Å². The zero-order chi connectivity index (χ0) is 26.0. The first kappa shape index (κ1) is 24.0. The number of thiazole rings is 1. The number of hydrogen-bond donors (Lipinski definition) is 2. The number of imide groups is 2. The Kier molecular flexibility index (Phi) is 5.85. The molecule has 198 valence electrons. The molecule has 6 aliphatic rings. The normalized spacial score (nSPS) is 31.6. The topological polar surface area (TPSA) is 118 Å². The van der Waals surface area contributed by atoms with Crippen molar-refractivity contribution in [2.45, 2.75) is 70.2 Å². The van der Waals surface area contributed by atoms with Crippen LogP contribution in [0.1, 0.15) is 76.4 Å². The second-order valence-corrected chi connectivity index (χ2v) is 12.4. The maximum atomic E-state index is 13.2. The highest BCUT2D eigenvalue weighted by atomic mass is 32.1. The van der Waals surface area contributed by atoms with E-state index in [1.807, 2.05) is 0 Å². The van der Waals surface area contributed by atoms with Crippen molar-refractivity contribution in [2.24, 2.45) is 23.7 Å². The summed E-state index contributed by atoms with van der Waals surface area (Å²) in [5.41, 5.74) is 1.36. The van der Waals surface area contributed by atoms with Crippen molar-refractivity contribution in [1.29, 1.82) is 0 Å². The standard InChI is InChI=1S/C28H30N4O5S/c33-22-5-4-20(26(34)31-22)32-27(35)19-2-1-3-21(24(19)28(32)36)37-12-23-30-18(13-38-23)11-29-25-16-7-14-6-15(9-16)10-17(25)8-14/h1-3,13-17,20,25,29H,4-12H2,(H,31,33,34). The molecule has 3 heterocycles. The first-order chi connectivity index (χ1) is 18.4. The van der Waals surface area contributed by atoms with E-state index in [9.17, 15) is 19.2 Å². The molecule has 4 bridgehead atoms. The van der Waals surface area contributed by atoms with E-state index < -0.39 is 29.7 Å². The van der Waals surface area contributed by atoms with Gasteiger partial charge >= 0.3 is 0 Å². The molecule has 9 nitrogen and oxygen atoms in total. The fraction of sp³-hybridized carbons (Fsp3) is 0.536. The lowest BCUT2D eigenvalue weighted by Crippen LogP contribution is -2.54. The predicted octanol–water partition coefficient (Wildman–Crippen LogP) is 3.04. The first-order valence-corrected chi connectivity index (χ1v) is 14.5. The number of nitrogens with one attached hydrogen (secondary N) is 2. The summed E-state index contributed by atoms with van der Waals surface area (Å²) in [6.45, 7) is 0.928. The second-order valence-electron chi connectivity index (χ2n) is 11.5. The number of carbonyl (C=O) groups excluding carboxylic acids is 4. The number of benzene rings is 1. The van der Waals surface area contributed by atoms with Crippen LogP contribution in [0.15, 0.2) is 23.6 Å². The van der Waals surface area contributed by atoms with Crippen molar-refractivity contribution >= 4 is 35.0 Å². The third-order valence-corrected chi connectivity index (χ3v) is 10.00. The molecule has 4 saturated carbocycles. The van der Waals surface area contributed by atoms with Crippen LogP contribution in [0, 0.1) is 23.7 Å². The Morgan fingerprint density at radius 3 is 2.53 bits per heavy atom. The summed E-state index contributed by atoms with van der Waals surface area (Å²) in [5.74, 6) is 1.68. The van der Waals surface area contributed by atoms with Gasteiger partial charge in [-0.05, 0) is 74.3 Å². The highest BCUT2D eigenvalue weighted by Gasteiger charge is 2.48. The number of hydrogen-bond acceptors (Lipinski definition) is 8. The van der Waals surface area contributed by atoms with Crippen LogP contribution < -0.4 is 15.4 Å². The van der Waals surface area contributed by atoms with Gasteiger partial charge < -0.3 is 10.1 Å². The van der Waals surface area contributed by atoms with E-state index in [1.165, 1.54) is 43.4 Å². The zero-order valence-electron chi connectivity index (χ0n) is 21.0. The fourth-order valence-corrected chi connectivity index (χ4v) is 8.43. The van der Waals surface area contributed by atoms with Crippen LogP contribution >= 0.6 is 11.3 Å². The van der Waals surface area contributed by atoms with Crippen molar-refractivity contribution in [3.05, 3.63) is 45.4 Å². The molecule has 2 N–H and O–H groups in total. The minimum absolute atomic E-state index is 0.0809. The molecule has 1 aromatic carbocycles. The van der Waals surface area contributed by atoms with Crippen LogP contribution in [-0.4, -0.2) is 45.6 Å². The number of piperidine rings is 1. The third kappa shape index (κ3) is 4.05. The van der Waals surface area contributed by atoms with Gasteiger partial charge in [0.1, 0.15) is 23.4 Å². The molecule has 10 heteroatoms. The van der Waals surface area contributed by atoms with E-state index >= 15 is 0 Å². The highest BCUT2D eigenvalue weighted by molar-refractivity contribution is 7.09. The van der Waals surface area contributed by atoms with Gasteiger partial charge in [0, 0.05) is 24.4 Å². The Bertz CT molecular complexity index is 1310. The molecule has 2 aromatic rings. The Morgan fingerprint density at radius 1 is 1.03 bits per heavy atom. The number of ether oxygens (including phenoxy) is 1. The van der Waals surface area contributed by atoms with Crippen molar-refractivity contribution in [1.82, 2.24) is 20.5 Å². The van der Waals surface area contributed by atoms with Crippen LogP contribution in [0.3, 0.4) is 0 Å². The van der Waals surface area contributed by atoms with E-state index in [4.69, 9.17) is 9.72 Å². The maximum absolute atomic E-state index is 13.2. The number of fused-ring (bicyclic) bond motifs is 1. The SMILES string of the molecule is O=C1CCC(N2C(=O)c3cccc(OCc4nc(CNC5C6CC7CC(C6)CC5C7)cs4)c3C2=O)C(=O)N1. The molecular formula is C28H30N4O5S. The lowest BCUT2D eigenvalue weighted by atomic mass is 9.54. The summed E-state index contributed by atoms with van der Waals surface area (Å²) in [4.78, 5) is 55.8. The number of amides is 4. The van der Waals surface area contributed by atoms with Gasteiger partial charge in [0.15, 0.2) is 0 Å². The third-order valence-electron chi connectivity index (χ3n) is 9.13. The first-order valence-electron chi connectivity index (χ1n) is 13.6. The van der Waals surface area contributed by atoms with Crippen molar-refractivity contribution in [2.75, 3.05) is 0 Å². The van der Waals surface area contributed by atoms with Gasteiger partial charge in [0.05, 0.1) is 16.8 Å². The minimum atomic E-state index is -1.00. The maximum Gasteiger partial charge on any atom is 0.266 e. The Balaban J connectivity index is 0.999. The molecule has 8 rings (SSSR count). The molecule has 1 aromatic heterocycles. The predicted molar refractivity (Wildman–Crippen MR) is 137 cm³/mol. The number of aromatic nitrogens is 1. The van der Waals surface area contributed by atoms with Crippen LogP contribution in [0.2, 0.25) is 0 Å². The molecule has 38 heavy (non-hydrogen) atoms. The van der Waals surface area contributed by atoms with Crippen molar-refractivity contribution in [3.8, 4) is 5.75 Å². The molecule has 1 unspecified atom stereocenters. The lowest BCUT2D eigenvalue weighted by molar-refractivity contribution is -0.136. The Labute approximate surface area is 224 Å². The van der Waals surface area contributed by atoms with Gasteiger partial charge in [-0.1, -0.05) is 6.07 Å². The van der Waals surface area contributed by atoms with Gasteiger partial charge in [-0.15, -0.1) is 11.3 Å². The number of nitrogens with zero attached hydrogens (tertiary/aromatic N) is 2. The largest absolute Gasteiger partial charge is 0.486 e. The van der Waals surface area contributed by atoms with E-state index in [-0.39, 0.29) is 30.6 Å². The summed E-state index contributed by atoms with van der Waals surface area (Å²) < 4.78 is 5.99. The monoisotopic (exact) mass is 534 g/mol. The molecule has 5 fully saturated rings. The fourth-order valence-electron chi connectivity index (χ4n) is 7.72. The molecule has 1 saturated heterocycles. The smallest absolute Gasteiger partial charge is 0.266 e. The van der Waals surface area contributed by atoms with Gasteiger partial charge in [-0.25, -0.2) is 4.98 Å². The van der Waals surface area contributed by atoms with Gasteiger partial charge in [0.2, 0.25) is 11.8 Å². The van der Waals surface area contributed by atoms with E-state index in [2.05, 4.69) is 16.0 Å². The van der Waals surface area contributed by atoms with Crippen molar-refractivity contribution < 1.29 is 23.9 Å². The molecule has 0 spiro atoms. The summed E-state index contributed by atoms with van der Waals surface area (Å²) in [7, 11) is 0. The van der Waals surface area contributed by atoms with Crippen LogP contribution in [0.25, 0.3) is 0 Å². The highest BCUT2D eigenvalue weighted by Crippen LogP contribution is 2.53. The van der Waals surface area contributed by atoms with Gasteiger partial charge in [-0.2, -0.15) is 0 Å². The Hall–Kier alpha value is -3.11. The quantitative estimate of drug-likeness (QED) is 0.525. The molecular weight excluding hydrogens is 504 g/mol. The molecule has 4 amide bonds. The zero-order valence-corrected chi connectivity index (χ0v) is 21.8. The number of rotatable bonds is 7.